The highest BCUT2D eigenvalue weighted by molar-refractivity contribution is 5.76. The van der Waals surface area contributed by atoms with Gasteiger partial charge in [-0.1, -0.05) is 0 Å². The van der Waals surface area contributed by atoms with Crippen LogP contribution >= 0.6 is 0 Å². The van der Waals surface area contributed by atoms with E-state index in [1.165, 1.54) is 0 Å². The average Bonchev–Trinajstić information content (AvgIpc) is 3.19. The maximum absolute atomic E-state index is 9.57. The second-order valence-electron chi connectivity index (χ2n) is 6.79. The first-order valence-electron chi connectivity index (χ1n) is 9.36. The Bertz CT molecular complexity index is 974. The molecule has 0 saturated carbocycles. The highest BCUT2D eigenvalue weighted by Crippen LogP contribution is 2.39. The third-order valence-electron chi connectivity index (χ3n) is 5.10. The Hall–Kier alpha value is -3.26. The largest absolute Gasteiger partial charge is 0.493 e. The molecule has 0 amide bonds. The summed E-state index contributed by atoms with van der Waals surface area (Å²) in [5.74, 6) is 1.62. The molecule has 0 unspecified atom stereocenters. The molecule has 1 saturated heterocycles. The molecule has 3 aromatic rings. The standard InChI is InChI=1S/C20H20N6O2/c27-17-2-1-14(13-22-17)18-16-5-8-26(15-3-6-21-7-4-15)19(16)24-20(23-18)25-9-11-28-12-10-25/h1-4,6-7,13H,5,8-12H2,(H,22,27). The molecule has 1 fully saturated rings. The second kappa shape index (κ2) is 7.05. The van der Waals surface area contributed by atoms with E-state index < -0.39 is 0 Å². The molecular formula is C20H20N6O2. The fourth-order valence-electron chi connectivity index (χ4n) is 3.69. The number of aromatic hydroxyl groups is 1. The van der Waals surface area contributed by atoms with Crippen LogP contribution in [0.4, 0.5) is 17.5 Å². The van der Waals surface area contributed by atoms with Crippen LogP contribution in [0.2, 0.25) is 0 Å². The van der Waals surface area contributed by atoms with Crippen molar-refractivity contribution in [2.45, 2.75) is 6.42 Å². The van der Waals surface area contributed by atoms with E-state index in [2.05, 4.69) is 19.8 Å². The minimum absolute atomic E-state index is 0.00117. The highest BCUT2D eigenvalue weighted by atomic mass is 16.5. The number of rotatable bonds is 3. The van der Waals surface area contributed by atoms with E-state index >= 15 is 0 Å². The molecular weight excluding hydrogens is 356 g/mol. The summed E-state index contributed by atoms with van der Waals surface area (Å²) in [7, 11) is 0. The van der Waals surface area contributed by atoms with Crippen LogP contribution in [0.25, 0.3) is 11.3 Å². The van der Waals surface area contributed by atoms with Gasteiger partial charge in [-0.15, -0.1) is 0 Å². The number of hydrogen-bond donors (Lipinski definition) is 1. The molecule has 0 radical (unpaired) electrons. The Morgan fingerprint density at radius 1 is 0.964 bits per heavy atom. The van der Waals surface area contributed by atoms with Crippen LogP contribution in [-0.4, -0.2) is 57.9 Å². The zero-order valence-electron chi connectivity index (χ0n) is 15.3. The third kappa shape index (κ3) is 3.01. The number of nitrogens with zero attached hydrogens (tertiary/aromatic N) is 6. The maximum atomic E-state index is 9.57. The van der Waals surface area contributed by atoms with E-state index in [1.54, 1.807) is 24.7 Å². The van der Waals surface area contributed by atoms with Crippen molar-refractivity contribution in [3.63, 3.8) is 0 Å². The van der Waals surface area contributed by atoms with Crippen LogP contribution in [0.15, 0.2) is 42.9 Å². The second-order valence-corrected chi connectivity index (χ2v) is 6.79. The fraction of sp³-hybridized carbons (Fsp3) is 0.300. The van der Waals surface area contributed by atoms with Crippen LogP contribution in [0.5, 0.6) is 5.88 Å². The van der Waals surface area contributed by atoms with Crippen molar-refractivity contribution < 1.29 is 9.84 Å². The van der Waals surface area contributed by atoms with Crippen molar-refractivity contribution in [2.24, 2.45) is 0 Å². The van der Waals surface area contributed by atoms with Crippen molar-refractivity contribution in [2.75, 3.05) is 42.6 Å². The zero-order chi connectivity index (χ0) is 18.9. The smallest absolute Gasteiger partial charge is 0.228 e. The predicted octanol–water partition coefficient (Wildman–Crippen LogP) is 2.17. The molecule has 3 aromatic heterocycles. The fourth-order valence-corrected chi connectivity index (χ4v) is 3.69. The number of pyridine rings is 2. The van der Waals surface area contributed by atoms with Crippen LogP contribution in [0.1, 0.15) is 5.56 Å². The van der Waals surface area contributed by atoms with Gasteiger partial charge in [-0.3, -0.25) is 4.98 Å². The van der Waals surface area contributed by atoms with E-state index in [0.29, 0.717) is 19.2 Å². The molecule has 0 aliphatic carbocycles. The van der Waals surface area contributed by atoms with Gasteiger partial charge in [0, 0.05) is 61.1 Å². The van der Waals surface area contributed by atoms with Gasteiger partial charge in [0.15, 0.2) is 0 Å². The van der Waals surface area contributed by atoms with Gasteiger partial charge >= 0.3 is 0 Å². The predicted molar refractivity (Wildman–Crippen MR) is 105 cm³/mol. The summed E-state index contributed by atoms with van der Waals surface area (Å²) in [5, 5.41) is 9.57. The van der Waals surface area contributed by atoms with E-state index in [4.69, 9.17) is 14.7 Å². The highest BCUT2D eigenvalue weighted by Gasteiger charge is 2.29. The van der Waals surface area contributed by atoms with Crippen LogP contribution < -0.4 is 9.80 Å². The molecule has 8 nitrogen and oxygen atoms in total. The summed E-state index contributed by atoms with van der Waals surface area (Å²) in [6.45, 7) is 3.71. The average molecular weight is 376 g/mol. The van der Waals surface area contributed by atoms with Gasteiger partial charge < -0.3 is 19.6 Å². The topological polar surface area (TPSA) is 87.5 Å². The minimum atomic E-state index is 0.00117. The van der Waals surface area contributed by atoms with Gasteiger partial charge in [0.25, 0.3) is 0 Å². The SMILES string of the molecule is Oc1ccc(-c2nc(N3CCOCC3)nc3c2CCN3c2ccncc2)cn1. The molecule has 5 rings (SSSR count). The number of hydrogen-bond acceptors (Lipinski definition) is 8. The molecule has 0 bridgehead atoms. The molecule has 0 aromatic carbocycles. The van der Waals surface area contributed by atoms with Crippen LogP contribution in [0.3, 0.4) is 0 Å². The summed E-state index contributed by atoms with van der Waals surface area (Å²) in [6, 6.07) is 7.43. The first-order valence-corrected chi connectivity index (χ1v) is 9.36. The van der Waals surface area contributed by atoms with Crippen LogP contribution in [0, 0.1) is 0 Å². The Morgan fingerprint density at radius 2 is 1.79 bits per heavy atom. The van der Waals surface area contributed by atoms with Crippen molar-refractivity contribution >= 4 is 17.5 Å². The summed E-state index contributed by atoms with van der Waals surface area (Å²) in [4.78, 5) is 22.4. The van der Waals surface area contributed by atoms with Gasteiger partial charge in [-0.05, 0) is 24.6 Å². The molecule has 28 heavy (non-hydrogen) atoms. The number of fused-ring (bicyclic) bond motifs is 1. The van der Waals surface area contributed by atoms with Crippen molar-refractivity contribution in [1.82, 2.24) is 19.9 Å². The molecule has 2 aliphatic heterocycles. The Morgan fingerprint density at radius 3 is 2.54 bits per heavy atom. The number of ether oxygens (including phenoxy) is 1. The lowest BCUT2D eigenvalue weighted by Crippen LogP contribution is -2.37. The third-order valence-corrected chi connectivity index (χ3v) is 5.10. The van der Waals surface area contributed by atoms with Crippen LogP contribution in [-0.2, 0) is 11.2 Å². The van der Waals surface area contributed by atoms with E-state index in [1.807, 2.05) is 18.2 Å². The van der Waals surface area contributed by atoms with Gasteiger partial charge in [0.05, 0.1) is 18.9 Å². The van der Waals surface area contributed by atoms with Gasteiger partial charge in [-0.25, -0.2) is 9.97 Å². The Balaban J connectivity index is 1.64. The number of aromatic nitrogens is 4. The molecule has 0 spiro atoms. The molecule has 5 heterocycles. The molecule has 1 N–H and O–H groups in total. The molecule has 0 atom stereocenters. The van der Waals surface area contributed by atoms with E-state index in [-0.39, 0.29) is 5.88 Å². The first kappa shape index (κ1) is 16.9. The lowest BCUT2D eigenvalue weighted by Gasteiger charge is -2.28. The summed E-state index contributed by atoms with van der Waals surface area (Å²) in [6.07, 6.45) is 6.10. The van der Waals surface area contributed by atoms with Gasteiger partial charge in [0.1, 0.15) is 5.82 Å². The first-order chi connectivity index (χ1) is 13.8. The summed E-state index contributed by atoms with van der Waals surface area (Å²) < 4.78 is 5.48. The summed E-state index contributed by atoms with van der Waals surface area (Å²) >= 11 is 0. The lowest BCUT2D eigenvalue weighted by molar-refractivity contribution is 0.122. The number of morpholine rings is 1. The zero-order valence-corrected chi connectivity index (χ0v) is 15.3. The lowest BCUT2D eigenvalue weighted by atomic mass is 10.1. The Labute approximate surface area is 162 Å². The van der Waals surface area contributed by atoms with Crippen molar-refractivity contribution in [1.29, 1.82) is 0 Å². The van der Waals surface area contributed by atoms with Gasteiger partial charge in [0.2, 0.25) is 11.8 Å². The normalized spacial score (nSPS) is 16.3. The summed E-state index contributed by atoms with van der Waals surface area (Å²) in [5.41, 5.74) is 3.91. The van der Waals surface area contributed by atoms with E-state index in [0.717, 1.165) is 54.4 Å². The molecule has 2 aliphatic rings. The Kier molecular flexibility index (Phi) is 4.25. The van der Waals surface area contributed by atoms with Crippen molar-refractivity contribution in [3.8, 4) is 17.1 Å². The monoisotopic (exact) mass is 376 g/mol. The van der Waals surface area contributed by atoms with Gasteiger partial charge in [-0.2, -0.15) is 4.98 Å². The van der Waals surface area contributed by atoms with Crippen molar-refractivity contribution in [3.05, 3.63) is 48.4 Å². The van der Waals surface area contributed by atoms with E-state index in [9.17, 15) is 5.11 Å². The maximum Gasteiger partial charge on any atom is 0.228 e. The molecule has 8 heteroatoms. The number of anilines is 3. The minimum Gasteiger partial charge on any atom is -0.493 e. The quantitative estimate of drug-likeness (QED) is 0.744. The molecule has 142 valence electrons.